The number of carbonyl (C=O) groups is 3. The molecule has 2 amide bonds. The molecule has 1 aliphatic rings. The molecule has 7 nitrogen and oxygen atoms in total. The summed E-state index contributed by atoms with van der Waals surface area (Å²) in [6, 6.07) is 2.60. The largest absolute Gasteiger partial charge is 0.480 e. The van der Waals surface area contributed by atoms with Gasteiger partial charge in [0, 0.05) is 19.8 Å². The summed E-state index contributed by atoms with van der Waals surface area (Å²) >= 11 is 0. The second-order valence-corrected chi connectivity index (χ2v) is 4.49. The molecule has 0 bridgehead atoms. The van der Waals surface area contributed by atoms with E-state index >= 15 is 0 Å². The van der Waals surface area contributed by atoms with Crippen LogP contribution >= 0.6 is 0 Å². The van der Waals surface area contributed by atoms with Crippen LogP contribution in [0, 0.1) is 0 Å². The lowest BCUT2D eigenvalue weighted by Crippen LogP contribution is -2.41. The van der Waals surface area contributed by atoms with Crippen molar-refractivity contribution in [2.75, 3.05) is 13.6 Å². The highest BCUT2D eigenvalue weighted by Gasteiger charge is 2.30. The molecule has 0 radical (unpaired) electrons. The lowest BCUT2D eigenvalue weighted by Gasteiger charge is -2.13. The van der Waals surface area contributed by atoms with Gasteiger partial charge in [-0.3, -0.25) is 14.4 Å². The van der Waals surface area contributed by atoms with Crippen LogP contribution in [0.2, 0.25) is 0 Å². The molecule has 1 aromatic rings. The van der Waals surface area contributed by atoms with E-state index in [0.29, 0.717) is 13.0 Å². The number of hydrogen-bond acceptors (Lipinski definition) is 3. The fourth-order valence-corrected chi connectivity index (χ4v) is 2.09. The molecule has 1 aromatic heterocycles. The standard InChI is InChI=1S/C12H15N3O4/c1-14-6-4-8(12(14)19)13-11(18)9-3-2-5-15(9)7-10(16)17/h2-3,5,8H,4,6-7H2,1H3,(H,13,18)(H,16,17). The number of aromatic nitrogens is 1. The van der Waals surface area contributed by atoms with Gasteiger partial charge in [-0.05, 0) is 18.6 Å². The average molecular weight is 265 g/mol. The van der Waals surface area contributed by atoms with E-state index in [1.54, 1.807) is 18.0 Å². The Kier molecular flexibility index (Phi) is 3.55. The van der Waals surface area contributed by atoms with Gasteiger partial charge in [0.15, 0.2) is 0 Å². The first-order valence-electron chi connectivity index (χ1n) is 5.92. The quantitative estimate of drug-likeness (QED) is 0.770. The van der Waals surface area contributed by atoms with E-state index < -0.39 is 17.9 Å². The number of nitrogens with zero attached hydrogens (tertiary/aromatic N) is 2. The van der Waals surface area contributed by atoms with Crippen molar-refractivity contribution < 1.29 is 19.5 Å². The number of likely N-dealkylation sites (N-methyl/N-ethyl adjacent to an activating group) is 1. The Labute approximate surface area is 109 Å². The van der Waals surface area contributed by atoms with E-state index in [4.69, 9.17) is 5.11 Å². The maximum atomic E-state index is 12.0. The third kappa shape index (κ3) is 2.75. The molecule has 1 fully saturated rings. The van der Waals surface area contributed by atoms with Crippen molar-refractivity contribution in [3.05, 3.63) is 24.0 Å². The molecular formula is C12H15N3O4. The summed E-state index contributed by atoms with van der Waals surface area (Å²) in [5, 5.41) is 11.4. The normalized spacial score (nSPS) is 18.7. The second-order valence-electron chi connectivity index (χ2n) is 4.49. The molecule has 2 N–H and O–H groups in total. The molecule has 7 heteroatoms. The monoisotopic (exact) mass is 265 g/mol. The lowest BCUT2D eigenvalue weighted by molar-refractivity contribution is -0.137. The molecule has 0 saturated carbocycles. The van der Waals surface area contributed by atoms with Crippen molar-refractivity contribution in [1.82, 2.24) is 14.8 Å². The predicted octanol–water partition coefficient (Wildman–Crippen LogP) is -0.467. The fraction of sp³-hybridized carbons (Fsp3) is 0.417. The summed E-state index contributed by atoms with van der Waals surface area (Å²) in [7, 11) is 1.68. The number of carboxylic acid groups (broad SMARTS) is 1. The van der Waals surface area contributed by atoms with Gasteiger partial charge in [0.25, 0.3) is 5.91 Å². The minimum Gasteiger partial charge on any atom is -0.480 e. The molecule has 0 spiro atoms. The van der Waals surface area contributed by atoms with Gasteiger partial charge in [0.2, 0.25) is 5.91 Å². The number of aliphatic carboxylic acids is 1. The van der Waals surface area contributed by atoms with Gasteiger partial charge in [-0.25, -0.2) is 0 Å². The summed E-state index contributed by atoms with van der Waals surface area (Å²) in [4.78, 5) is 35.9. The topological polar surface area (TPSA) is 91.6 Å². The Hall–Kier alpha value is -2.31. The van der Waals surface area contributed by atoms with Crippen molar-refractivity contribution in [2.24, 2.45) is 0 Å². The van der Waals surface area contributed by atoms with Gasteiger partial charge in [0.1, 0.15) is 18.3 Å². The number of carbonyl (C=O) groups excluding carboxylic acids is 2. The van der Waals surface area contributed by atoms with Crippen LogP contribution < -0.4 is 5.32 Å². The van der Waals surface area contributed by atoms with E-state index in [1.807, 2.05) is 0 Å². The lowest BCUT2D eigenvalue weighted by atomic mass is 10.2. The first-order valence-corrected chi connectivity index (χ1v) is 5.92. The van der Waals surface area contributed by atoms with Crippen LogP contribution in [0.15, 0.2) is 18.3 Å². The molecule has 2 rings (SSSR count). The summed E-state index contributed by atoms with van der Waals surface area (Å²) in [5.41, 5.74) is 0.241. The first-order chi connectivity index (χ1) is 8.99. The Morgan fingerprint density at radius 2 is 2.26 bits per heavy atom. The van der Waals surface area contributed by atoms with Crippen LogP contribution in [0.3, 0.4) is 0 Å². The second kappa shape index (κ2) is 5.13. The number of amides is 2. The summed E-state index contributed by atoms with van der Waals surface area (Å²) in [5.74, 6) is -1.58. The van der Waals surface area contributed by atoms with Crippen LogP contribution in [0.5, 0.6) is 0 Å². The molecule has 1 unspecified atom stereocenters. The number of carboxylic acids is 1. The van der Waals surface area contributed by atoms with Crippen LogP contribution in [0.25, 0.3) is 0 Å². The SMILES string of the molecule is CN1CCC(NC(=O)c2cccn2CC(=O)O)C1=O. The van der Waals surface area contributed by atoms with Gasteiger partial charge >= 0.3 is 5.97 Å². The van der Waals surface area contributed by atoms with Gasteiger partial charge in [-0.2, -0.15) is 0 Å². The van der Waals surface area contributed by atoms with E-state index in [0.717, 1.165) is 0 Å². The summed E-state index contributed by atoms with van der Waals surface area (Å²) < 4.78 is 1.33. The van der Waals surface area contributed by atoms with E-state index in [1.165, 1.54) is 16.8 Å². The molecule has 2 heterocycles. The van der Waals surface area contributed by atoms with Gasteiger partial charge in [-0.1, -0.05) is 0 Å². The third-order valence-corrected chi connectivity index (χ3v) is 3.10. The predicted molar refractivity (Wildman–Crippen MR) is 65.6 cm³/mol. The number of nitrogens with one attached hydrogen (secondary N) is 1. The molecule has 0 aliphatic carbocycles. The minimum atomic E-state index is -1.03. The van der Waals surface area contributed by atoms with Crippen LogP contribution in [0.1, 0.15) is 16.9 Å². The van der Waals surface area contributed by atoms with Crippen molar-refractivity contribution in [3.8, 4) is 0 Å². The molecule has 1 aliphatic heterocycles. The van der Waals surface area contributed by atoms with Crippen molar-refractivity contribution in [2.45, 2.75) is 19.0 Å². The Bertz CT molecular complexity index is 523. The Balaban J connectivity index is 2.06. The minimum absolute atomic E-state index is 0.121. The summed E-state index contributed by atoms with van der Waals surface area (Å²) in [6.07, 6.45) is 2.09. The van der Waals surface area contributed by atoms with E-state index in [-0.39, 0.29) is 18.1 Å². The van der Waals surface area contributed by atoms with Crippen LogP contribution in [0.4, 0.5) is 0 Å². The van der Waals surface area contributed by atoms with Crippen molar-refractivity contribution in [3.63, 3.8) is 0 Å². The molecule has 19 heavy (non-hydrogen) atoms. The summed E-state index contributed by atoms with van der Waals surface area (Å²) in [6.45, 7) is 0.328. The third-order valence-electron chi connectivity index (χ3n) is 3.10. The highest BCUT2D eigenvalue weighted by Crippen LogP contribution is 2.10. The zero-order valence-corrected chi connectivity index (χ0v) is 10.5. The maximum Gasteiger partial charge on any atom is 0.323 e. The number of rotatable bonds is 4. The van der Waals surface area contributed by atoms with Crippen molar-refractivity contribution >= 4 is 17.8 Å². The van der Waals surface area contributed by atoms with Gasteiger partial charge < -0.3 is 19.9 Å². The molecular weight excluding hydrogens is 250 g/mol. The van der Waals surface area contributed by atoms with Gasteiger partial charge in [-0.15, -0.1) is 0 Å². The van der Waals surface area contributed by atoms with E-state index in [2.05, 4.69) is 5.32 Å². The van der Waals surface area contributed by atoms with Crippen molar-refractivity contribution in [1.29, 1.82) is 0 Å². The van der Waals surface area contributed by atoms with E-state index in [9.17, 15) is 14.4 Å². The smallest absolute Gasteiger partial charge is 0.323 e. The highest BCUT2D eigenvalue weighted by atomic mass is 16.4. The van der Waals surface area contributed by atoms with Crippen LogP contribution in [-0.4, -0.2) is 52.0 Å². The first kappa shape index (κ1) is 13.1. The molecule has 0 aromatic carbocycles. The zero-order chi connectivity index (χ0) is 14.0. The molecule has 1 saturated heterocycles. The highest BCUT2D eigenvalue weighted by molar-refractivity contribution is 5.97. The maximum absolute atomic E-state index is 12.0. The molecule has 102 valence electrons. The number of likely N-dealkylation sites (tertiary alicyclic amines) is 1. The fourth-order valence-electron chi connectivity index (χ4n) is 2.09. The van der Waals surface area contributed by atoms with Crippen LogP contribution in [-0.2, 0) is 16.1 Å². The molecule has 1 atom stereocenters. The zero-order valence-electron chi connectivity index (χ0n) is 10.5. The number of hydrogen-bond donors (Lipinski definition) is 2. The average Bonchev–Trinajstić information content (AvgIpc) is 2.90. The van der Waals surface area contributed by atoms with Gasteiger partial charge in [0.05, 0.1) is 0 Å². The Morgan fingerprint density at radius 3 is 2.84 bits per heavy atom. The Morgan fingerprint density at radius 1 is 1.53 bits per heavy atom.